The SMILES string of the molecule is CC(=O)OCC[C@H](OC(C)=O)[C@@H]1OC(C)(C)OC[C@@]12COC(=O)N2Cc1ccccc1. The molecule has 1 aromatic rings. The minimum atomic E-state index is -1.02. The topological polar surface area (TPSA) is 101 Å². The van der Waals surface area contributed by atoms with Crippen LogP contribution in [0.1, 0.15) is 39.7 Å². The highest BCUT2D eigenvalue weighted by atomic mass is 16.7. The third-order valence-corrected chi connectivity index (χ3v) is 5.36. The van der Waals surface area contributed by atoms with E-state index in [1.807, 2.05) is 30.3 Å². The summed E-state index contributed by atoms with van der Waals surface area (Å²) in [5.41, 5.74) is -0.105. The Morgan fingerprint density at radius 2 is 1.87 bits per heavy atom. The van der Waals surface area contributed by atoms with Crippen molar-refractivity contribution in [1.82, 2.24) is 4.90 Å². The second kappa shape index (κ2) is 9.23. The van der Waals surface area contributed by atoms with E-state index in [0.717, 1.165) is 5.56 Å². The van der Waals surface area contributed by atoms with E-state index in [1.165, 1.54) is 13.8 Å². The van der Waals surface area contributed by atoms with Crippen LogP contribution in [0.3, 0.4) is 0 Å². The number of carbonyl (C=O) groups is 3. The van der Waals surface area contributed by atoms with Gasteiger partial charge in [-0.1, -0.05) is 30.3 Å². The van der Waals surface area contributed by atoms with Gasteiger partial charge in [-0.2, -0.15) is 0 Å². The monoisotopic (exact) mass is 435 g/mol. The van der Waals surface area contributed by atoms with Crippen LogP contribution >= 0.6 is 0 Å². The smallest absolute Gasteiger partial charge is 0.410 e. The highest BCUT2D eigenvalue weighted by Gasteiger charge is 2.61. The zero-order chi connectivity index (χ0) is 22.6. The molecule has 0 aromatic heterocycles. The molecule has 0 unspecified atom stereocenters. The van der Waals surface area contributed by atoms with Gasteiger partial charge in [0.05, 0.1) is 13.2 Å². The molecular weight excluding hydrogens is 406 g/mol. The summed E-state index contributed by atoms with van der Waals surface area (Å²) in [4.78, 5) is 37.4. The van der Waals surface area contributed by atoms with Gasteiger partial charge in [-0.15, -0.1) is 0 Å². The Kier molecular flexibility index (Phi) is 6.86. The Hall–Kier alpha value is -2.65. The first-order chi connectivity index (χ1) is 14.6. The lowest BCUT2D eigenvalue weighted by Crippen LogP contribution is -2.69. The molecule has 2 aliphatic heterocycles. The van der Waals surface area contributed by atoms with Crippen molar-refractivity contribution in [3.05, 3.63) is 35.9 Å². The minimum absolute atomic E-state index is 0.0186. The summed E-state index contributed by atoms with van der Waals surface area (Å²) in [6, 6.07) is 9.49. The number of esters is 2. The molecule has 1 aromatic carbocycles. The van der Waals surface area contributed by atoms with Gasteiger partial charge < -0.3 is 23.7 Å². The van der Waals surface area contributed by atoms with Gasteiger partial charge in [-0.05, 0) is 19.4 Å². The lowest BCUT2D eigenvalue weighted by Gasteiger charge is -2.51. The number of amides is 1. The number of benzene rings is 1. The van der Waals surface area contributed by atoms with Crippen molar-refractivity contribution in [1.29, 1.82) is 0 Å². The standard InChI is InChI=1S/C22H29NO8/c1-15(24)27-11-10-18(30-16(2)25)19-22(14-29-21(3,4)31-19)13-28-20(26)23(22)12-17-8-6-5-7-9-17/h5-9,18-19H,10-14H2,1-4H3/t18-,19-,22-/m0/s1. The van der Waals surface area contributed by atoms with Crippen LogP contribution < -0.4 is 0 Å². The normalized spacial score (nSPS) is 25.7. The molecule has 9 nitrogen and oxygen atoms in total. The largest absolute Gasteiger partial charge is 0.466 e. The van der Waals surface area contributed by atoms with Gasteiger partial charge in [-0.3, -0.25) is 14.5 Å². The van der Waals surface area contributed by atoms with Crippen molar-refractivity contribution < 1.29 is 38.1 Å². The molecule has 31 heavy (non-hydrogen) atoms. The van der Waals surface area contributed by atoms with E-state index in [0.29, 0.717) is 0 Å². The number of hydrogen-bond donors (Lipinski definition) is 0. The molecule has 0 saturated carbocycles. The van der Waals surface area contributed by atoms with Crippen LogP contribution in [-0.2, 0) is 39.8 Å². The number of hydrogen-bond acceptors (Lipinski definition) is 8. The van der Waals surface area contributed by atoms with Crippen LogP contribution in [0, 0.1) is 0 Å². The summed E-state index contributed by atoms with van der Waals surface area (Å²) in [5.74, 6) is -1.91. The van der Waals surface area contributed by atoms with Gasteiger partial charge >= 0.3 is 18.0 Å². The van der Waals surface area contributed by atoms with Crippen molar-refractivity contribution in [3.8, 4) is 0 Å². The average molecular weight is 435 g/mol. The summed E-state index contributed by atoms with van der Waals surface area (Å²) >= 11 is 0. The summed E-state index contributed by atoms with van der Waals surface area (Å²) in [7, 11) is 0. The van der Waals surface area contributed by atoms with Crippen LogP contribution in [0.4, 0.5) is 4.79 Å². The number of rotatable bonds is 7. The Bertz CT molecular complexity index is 811. The summed E-state index contributed by atoms with van der Waals surface area (Å²) in [6.07, 6.45) is -1.84. The van der Waals surface area contributed by atoms with Crippen molar-refractivity contribution in [2.45, 2.75) is 64.2 Å². The van der Waals surface area contributed by atoms with Crippen LogP contribution in [0.15, 0.2) is 30.3 Å². The number of nitrogens with zero attached hydrogens (tertiary/aromatic N) is 1. The maximum absolute atomic E-state index is 12.7. The Morgan fingerprint density at radius 3 is 2.52 bits per heavy atom. The molecule has 3 rings (SSSR count). The number of cyclic esters (lactones) is 1. The van der Waals surface area contributed by atoms with E-state index in [1.54, 1.807) is 18.7 Å². The molecule has 170 valence electrons. The predicted molar refractivity (Wildman–Crippen MR) is 108 cm³/mol. The fourth-order valence-corrected chi connectivity index (χ4v) is 3.92. The van der Waals surface area contributed by atoms with Crippen LogP contribution in [0.2, 0.25) is 0 Å². The van der Waals surface area contributed by atoms with Crippen LogP contribution in [0.25, 0.3) is 0 Å². The van der Waals surface area contributed by atoms with Crippen molar-refractivity contribution in [2.24, 2.45) is 0 Å². The second-order valence-corrected chi connectivity index (χ2v) is 8.23. The molecular formula is C22H29NO8. The van der Waals surface area contributed by atoms with Gasteiger partial charge in [0, 0.05) is 26.8 Å². The van der Waals surface area contributed by atoms with Crippen molar-refractivity contribution in [2.75, 3.05) is 19.8 Å². The Balaban J connectivity index is 1.94. The first-order valence-electron chi connectivity index (χ1n) is 10.2. The van der Waals surface area contributed by atoms with E-state index in [9.17, 15) is 14.4 Å². The van der Waals surface area contributed by atoms with E-state index in [4.69, 9.17) is 23.7 Å². The number of ether oxygens (including phenoxy) is 5. The zero-order valence-electron chi connectivity index (χ0n) is 18.3. The zero-order valence-corrected chi connectivity index (χ0v) is 18.3. The van der Waals surface area contributed by atoms with Gasteiger partial charge in [0.25, 0.3) is 0 Å². The second-order valence-electron chi connectivity index (χ2n) is 8.23. The summed E-state index contributed by atoms with van der Waals surface area (Å²) < 4.78 is 28.2. The molecule has 3 atom stereocenters. The van der Waals surface area contributed by atoms with Crippen LogP contribution in [-0.4, -0.2) is 66.3 Å². The highest BCUT2D eigenvalue weighted by molar-refractivity contribution is 5.72. The lowest BCUT2D eigenvalue weighted by molar-refractivity contribution is -0.328. The average Bonchev–Trinajstić information content (AvgIpc) is 3.00. The molecule has 2 heterocycles. The molecule has 0 bridgehead atoms. The third-order valence-electron chi connectivity index (χ3n) is 5.36. The Morgan fingerprint density at radius 1 is 1.16 bits per heavy atom. The van der Waals surface area contributed by atoms with Crippen molar-refractivity contribution >= 4 is 18.0 Å². The van der Waals surface area contributed by atoms with Gasteiger partial charge in [0.1, 0.15) is 24.4 Å². The quantitative estimate of drug-likeness (QED) is 0.475. The maximum Gasteiger partial charge on any atom is 0.410 e. The van der Waals surface area contributed by atoms with E-state index >= 15 is 0 Å². The predicted octanol–water partition coefficient (Wildman–Crippen LogP) is 2.41. The first-order valence-corrected chi connectivity index (χ1v) is 10.2. The molecule has 2 fully saturated rings. The van der Waals surface area contributed by atoms with Crippen molar-refractivity contribution in [3.63, 3.8) is 0 Å². The molecule has 0 radical (unpaired) electrons. The number of carbonyl (C=O) groups excluding carboxylic acids is 3. The van der Waals surface area contributed by atoms with Gasteiger partial charge in [-0.25, -0.2) is 4.79 Å². The van der Waals surface area contributed by atoms with Crippen LogP contribution in [0.5, 0.6) is 0 Å². The fraction of sp³-hybridized carbons (Fsp3) is 0.591. The lowest BCUT2D eigenvalue weighted by atomic mass is 9.85. The van der Waals surface area contributed by atoms with E-state index < -0.39 is 41.6 Å². The molecule has 2 saturated heterocycles. The Labute approximate surface area is 181 Å². The highest BCUT2D eigenvalue weighted by Crippen LogP contribution is 2.41. The molecule has 9 heteroatoms. The first kappa shape index (κ1) is 23.0. The van der Waals surface area contributed by atoms with E-state index in [-0.39, 0.29) is 32.8 Å². The van der Waals surface area contributed by atoms with Gasteiger partial charge in [0.2, 0.25) is 0 Å². The molecule has 1 spiro atoms. The molecule has 0 N–H and O–H groups in total. The molecule has 2 aliphatic rings. The third kappa shape index (κ3) is 5.34. The summed E-state index contributed by atoms with van der Waals surface area (Å²) in [6.45, 7) is 6.58. The molecule has 1 amide bonds. The van der Waals surface area contributed by atoms with E-state index in [2.05, 4.69) is 0 Å². The minimum Gasteiger partial charge on any atom is -0.466 e. The maximum atomic E-state index is 12.7. The molecule has 0 aliphatic carbocycles. The van der Waals surface area contributed by atoms with Gasteiger partial charge in [0.15, 0.2) is 5.79 Å². The fourth-order valence-electron chi connectivity index (χ4n) is 3.92. The summed E-state index contributed by atoms with van der Waals surface area (Å²) in [5, 5.41) is 0.